The van der Waals surface area contributed by atoms with Gasteiger partial charge in [0.05, 0.1) is 17.6 Å². The maximum absolute atomic E-state index is 12.6. The number of imidazole rings is 1. The fraction of sp³-hybridized carbons (Fsp3) is 0.167. The smallest absolute Gasteiger partial charge is 0.255 e. The minimum Gasteiger partial charge on any atom is -0.362 e. The highest BCUT2D eigenvalue weighted by atomic mass is 16.1. The number of rotatable bonds is 3. The van der Waals surface area contributed by atoms with Crippen molar-refractivity contribution in [3.05, 3.63) is 89.7 Å². The second-order valence-corrected chi connectivity index (χ2v) is 7.41. The fourth-order valence-corrected chi connectivity index (χ4v) is 3.99. The van der Waals surface area contributed by atoms with E-state index < -0.39 is 0 Å². The van der Waals surface area contributed by atoms with Crippen molar-refractivity contribution in [1.29, 1.82) is 0 Å². The minimum atomic E-state index is -0.0827. The SMILES string of the molecule is Cc1ccccc1C(=O)Nc1cccc(N2CCn3c(nc4ccccc43)C2)c1. The number of benzene rings is 3. The molecule has 0 unspecified atom stereocenters. The Morgan fingerprint density at radius 1 is 0.966 bits per heavy atom. The van der Waals surface area contributed by atoms with Crippen LogP contribution in [-0.4, -0.2) is 22.0 Å². The molecular formula is C24H22N4O. The molecule has 0 fully saturated rings. The van der Waals surface area contributed by atoms with E-state index in [4.69, 9.17) is 4.98 Å². The van der Waals surface area contributed by atoms with E-state index in [0.29, 0.717) is 5.56 Å². The fourth-order valence-electron chi connectivity index (χ4n) is 3.99. The van der Waals surface area contributed by atoms with Gasteiger partial charge in [0.2, 0.25) is 0 Å². The monoisotopic (exact) mass is 382 g/mol. The Balaban J connectivity index is 1.37. The lowest BCUT2D eigenvalue weighted by molar-refractivity contribution is 0.102. The van der Waals surface area contributed by atoms with E-state index >= 15 is 0 Å². The van der Waals surface area contributed by atoms with Gasteiger partial charge in [0.15, 0.2) is 0 Å². The summed E-state index contributed by atoms with van der Waals surface area (Å²) in [6.07, 6.45) is 0. The molecule has 1 aliphatic rings. The topological polar surface area (TPSA) is 50.2 Å². The van der Waals surface area contributed by atoms with Gasteiger partial charge >= 0.3 is 0 Å². The second-order valence-electron chi connectivity index (χ2n) is 7.41. The summed E-state index contributed by atoms with van der Waals surface area (Å²) < 4.78 is 2.30. The van der Waals surface area contributed by atoms with Crippen LogP contribution in [0.25, 0.3) is 11.0 Å². The third kappa shape index (κ3) is 3.25. The molecule has 0 radical (unpaired) electrons. The molecule has 5 heteroatoms. The van der Waals surface area contributed by atoms with Gasteiger partial charge in [0, 0.05) is 30.0 Å². The number of para-hydroxylation sites is 2. The molecule has 0 spiro atoms. The molecule has 1 N–H and O–H groups in total. The number of fused-ring (bicyclic) bond motifs is 3. The van der Waals surface area contributed by atoms with Crippen LogP contribution >= 0.6 is 0 Å². The zero-order valence-electron chi connectivity index (χ0n) is 16.3. The average molecular weight is 382 g/mol. The number of aryl methyl sites for hydroxylation is 1. The quantitative estimate of drug-likeness (QED) is 0.563. The Bertz CT molecular complexity index is 1210. The van der Waals surface area contributed by atoms with Gasteiger partial charge in [0.25, 0.3) is 5.91 Å². The van der Waals surface area contributed by atoms with Crippen molar-refractivity contribution >= 4 is 28.3 Å². The highest BCUT2D eigenvalue weighted by Crippen LogP contribution is 2.26. The number of aromatic nitrogens is 2. The molecule has 1 aliphatic heterocycles. The van der Waals surface area contributed by atoms with E-state index in [0.717, 1.165) is 47.9 Å². The van der Waals surface area contributed by atoms with E-state index in [9.17, 15) is 4.79 Å². The standard InChI is InChI=1S/C24H22N4O/c1-17-7-2-3-10-20(17)24(29)25-18-8-6-9-19(15-18)27-13-14-28-22-12-5-4-11-21(22)26-23(28)16-27/h2-12,15H,13-14,16H2,1H3,(H,25,29). The Labute approximate surface area is 169 Å². The summed E-state index contributed by atoms with van der Waals surface area (Å²) >= 11 is 0. The lowest BCUT2D eigenvalue weighted by atomic mass is 10.1. The number of carbonyl (C=O) groups excluding carboxylic acids is 1. The van der Waals surface area contributed by atoms with Crippen molar-refractivity contribution in [2.75, 3.05) is 16.8 Å². The molecule has 0 atom stereocenters. The second kappa shape index (κ2) is 7.09. The van der Waals surface area contributed by atoms with Crippen molar-refractivity contribution in [1.82, 2.24) is 9.55 Å². The number of hydrogen-bond acceptors (Lipinski definition) is 3. The van der Waals surface area contributed by atoms with Gasteiger partial charge in [-0.2, -0.15) is 0 Å². The van der Waals surface area contributed by atoms with Crippen LogP contribution in [0.3, 0.4) is 0 Å². The third-order valence-electron chi connectivity index (χ3n) is 5.52. The largest absolute Gasteiger partial charge is 0.362 e. The maximum Gasteiger partial charge on any atom is 0.255 e. The molecule has 3 aromatic carbocycles. The number of anilines is 2. The van der Waals surface area contributed by atoms with Gasteiger partial charge in [-0.05, 0) is 48.9 Å². The number of carbonyl (C=O) groups is 1. The van der Waals surface area contributed by atoms with Crippen molar-refractivity contribution < 1.29 is 4.79 Å². The molecule has 144 valence electrons. The van der Waals surface area contributed by atoms with Crippen molar-refractivity contribution in [2.24, 2.45) is 0 Å². The summed E-state index contributed by atoms with van der Waals surface area (Å²) in [6, 6.07) is 23.9. The van der Waals surface area contributed by atoms with E-state index in [2.05, 4.69) is 39.0 Å². The predicted octanol–water partition coefficient (Wildman–Crippen LogP) is 4.62. The summed E-state index contributed by atoms with van der Waals surface area (Å²) in [5, 5.41) is 3.03. The van der Waals surface area contributed by atoms with Crippen LogP contribution in [0.15, 0.2) is 72.8 Å². The molecule has 29 heavy (non-hydrogen) atoms. The first kappa shape index (κ1) is 17.5. The number of hydrogen-bond donors (Lipinski definition) is 1. The first-order valence-electron chi connectivity index (χ1n) is 9.85. The highest BCUT2D eigenvalue weighted by Gasteiger charge is 2.20. The van der Waals surface area contributed by atoms with Crippen molar-refractivity contribution in [3.63, 3.8) is 0 Å². The first-order valence-corrected chi connectivity index (χ1v) is 9.85. The normalized spacial score (nSPS) is 13.3. The molecule has 4 aromatic rings. The molecule has 0 saturated carbocycles. The molecule has 0 aliphatic carbocycles. The Morgan fingerprint density at radius 2 is 1.79 bits per heavy atom. The van der Waals surface area contributed by atoms with Crippen LogP contribution in [0, 0.1) is 6.92 Å². The summed E-state index contributed by atoms with van der Waals surface area (Å²) in [5.41, 5.74) is 5.80. The van der Waals surface area contributed by atoms with Gasteiger partial charge in [-0.15, -0.1) is 0 Å². The molecule has 0 saturated heterocycles. The van der Waals surface area contributed by atoms with E-state index in [1.807, 2.05) is 55.5 Å². The molecular weight excluding hydrogens is 360 g/mol. The zero-order chi connectivity index (χ0) is 19.8. The predicted molar refractivity (Wildman–Crippen MR) is 116 cm³/mol. The molecule has 1 aromatic heterocycles. The van der Waals surface area contributed by atoms with E-state index in [1.165, 1.54) is 5.52 Å². The summed E-state index contributed by atoms with van der Waals surface area (Å²) in [4.78, 5) is 19.8. The van der Waals surface area contributed by atoms with Crippen LogP contribution in [0.4, 0.5) is 11.4 Å². The summed E-state index contributed by atoms with van der Waals surface area (Å²) in [6.45, 7) is 4.51. The lowest BCUT2D eigenvalue weighted by Gasteiger charge is -2.30. The van der Waals surface area contributed by atoms with E-state index in [1.54, 1.807) is 0 Å². The molecule has 0 bridgehead atoms. The molecule has 5 rings (SSSR count). The Kier molecular flexibility index (Phi) is 4.28. The first-order chi connectivity index (χ1) is 14.2. The van der Waals surface area contributed by atoms with Crippen LogP contribution < -0.4 is 10.2 Å². The molecule has 1 amide bonds. The highest BCUT2D eigenvalue weighted by molar-refractivity contribution is 6.05. The summed E-state index contributed by atoms with van der Waals surface area (Å²) in [5.74, 6) is 0.993. The van der Waals surface area contributed by atoms with Crippen molar-refractivity contribution in [3.8, 4) is 0 Å². The maximum atomic E-state index is 12.6. The van der Waals surface area contributed by atoms with Crippen LogP contribution in [-0.2, 0) is 13.1 Å². The van der Waals surface area contributed by atoms with Gasteiger partial charge in [0.1, 0.15) is 5.82 Å². The van der Waals surface area contributed by atoms with E-state index in [-0.39, 0.29) is 5.91 Å². The van der Waals surface area contributed by atoms with Crippen LogP contribution in [0.5, 0.6) is 0 Å². The van der Waals surface area contributed by atoms with Gasteiger partial charge in [-0.1, -0.05) is 36.4 Å². The van der Waals surface area contributed by atoms with Gasteiger partial charge in [-0.3, -0.25) is 4.79 Å². The van der Waals surface area contributed by atoms with Crippen molar-refractivity contribution in [2.45, 2.75) is 20.0 Å². The number of nitrogens with zero attached hydrogens (tertiary/aromatic N) is 3. The minimum absolute atomic E-state index is 0.0827. The number of nitrogens with one attached hydrogen (secondary N) is 1. The van der Waals surface area contributed by atoms with Gasteiger partial charge in [-0.25, -0.2) is 4.98 Å². The lowest BCUT2D eigenvalue weighted by Crippen LogP contribution is -2.33. The number of amides is 1. The Hall–Kier alpha value is -3.60. The summed E-state index contributed by atoms with van der Waals surface area (Å²) in [7, 11) is 0. The zero-order valence-corrected chi connectivity index (χ0v) is 16.3. The Morgan fingerprint density at radius 3 is 2.69 bits per heavy atom. The van der Waals surface area contributed by atoms with Gasteiger partial charge < -0.3 is 14.8 Å². The molecule has 2 heterocycles. The average Bonchev–Trinajstić information content (AvgIpc) is 3.12. The van der Waals surface area contributed by atoms with Crippen LogP contribution in [0.2, 0.25) is 0 Å². The third-order valence-corrected chi connectivity index (χ3v) is 5.52. The molecule has 5 nitrogen and oxygen atoms in total. The van der Waals surface area contributed by atoms with Crippen LogP contribution in [0.1, 0.15) is 21.7 Å².